The second-order valence-corrected chi connectivity index (χ2v) is 4.23. The SMILES string of the molecule is Cc1ccc2sc(CON)cc2c1. The highest BCUT2D eigenvalue weighted by molar-refractivity contribution is 7.19. The fourth-order valence-corrected chi connectivity index (χ4v) is 2.34. The van der Waals surface area contributed by atoms with Gasteiger partial charge in [-0.2, -0.15) is 0 Å². The summed E-state index contributed by atoms with van der Waals surface area (Å²) in [5.74, 6) is 5.02. The van der Waals surface area contributed by atoms with E-state index in [-0.39, 0.29) is 0 Å². The van der Waals surface area contributed by atoms with E-state index in [1.54, 1.807) is 11.3 Å². The normalized spacial score (nSPS) is 10.9. The fourth-order valence-electron chi connectivity index (χ4n) is 1.37. The molecule has 2 N–H and O–H groups in total. The van der Waals surface area contributed by atoms with Crippen molar-refractivity contribution in [3.8, 4) is 0 Å². The predicted octanol–water partition coefficient (Wildman–Crippen LogP) is 2.60. The number of aryl methyl sites for hydroxylation is 1. The van der Waals surface area contributed by atoms with Crippen molar-refractivity contribution in [2.24, 2.45) is 5.90 Å². The lowest BCUT2D eigenvalue weighted by Crippen LogP contribution is -1.96. The fraction of sp³-hybridized carbons (Fsp3) is 0.200. The maximum absolute atomic E-state index is 5.02. The molecule has 68 valence electrons. The van der Waals surface area contributed by atoms with Gasteiger partial charge in [-0.1, -0.05) is 17.7 Å². The molecule has 0 spiro atoms. The van der Waals surface area contributed by atoms with Crippen LogP contribution < -0.4 is 5.90 Å². The van der Waals surface area contributed by atoms with E-state index < -0.39 is 0 Å². The number of benzene rings is 1. The second-order valence-electron chi connectivity index (χ2n) is 3.06. The molecule has 13 heavy (non-hydrogen) atoms. The van der Waals surface area contributed by atoms with Gasteiger partial charge in [0.2, 0.25) is 0 Å². The van der Waals surface area contributed by atoms with Crippen LogP contribution in [0.25, 0.3) is 10.1 Å². The van der Waals surface area contributed by atoms with Crippen LogP contribution in [0, 0.1) is 6.92 Å². The van der Waals surface area contributed by atoms with Crippen LogP contribution in [-0.2, 0) is 11.4 Å². The Labute approximate surface area is 80.9 Å². The highest BCUT2D eigenvalue weighted by atomic mass is 32.1. The molecular formula is C10H11NOS. The molecule has 1 heterocycles. The first-order valence-corrected chi connectivity index (χ1v) is 4.92. The van der Waals surface area contributed by atoms with Gasteiger partial charge in [0.05, 0.1) is 0 Å². The Hall–Kier alpha value is -0.900. The van der Waals surface area contributed by atoms with Crippen molar-refractivity contribution in [3.63, 3.8) is 0 Å². The van der Waals surface area contributed by atoms with Gasteiger partial charge in [0.25, 0.3) is 0 Å². The first-order valence-electron chi connectivity index (χ1n) is 4.10. The van der Waals surface area contributed by atoms with E-state index in [2.05, 4.69) is 36.0 Å². The van der Waals surface area contributed by atoms with Crippen molar-refractivity contribution >= 4 is 21.4 Å². The van der Waals surface area contributed by atoms with Crippen molar-refractivity contribution in [2.45, 2.75) is 13.5 Å². The molecule has 2 nitrogen and oxygen atoms in total. The number of hydrogen-bond donors (Lipinski definition) is 1. The van der Waals surface area contributed by atoms with Crippen molar-refractivity contribution in [3.05, 3.63) is 34.7 Å². The maximum Gasteiger partial charge on any atom is 0.102 e. The zero-order valence-corrected chi connectivity index (χ0v) is 8.23. The number of hydrogen-bond acceptors (Lipinski definition) is 3. The van der Waals surface area contributed by atoms with Gasteiger partial charge in [0.1, 0.15) is 6.61 Å². The molecule has 0 aliphatic rings. The summed E-state index contributed by atoms with van der Waals surface area (Å²) in [6.07, 6.45) is 0. The van der Waals surface area contributed by atoms with Gasteiger partial charge in [-0.05, 0) is 24.4 Å². The number of rotatable bonds is 2. The van der Waals surface area contributed by atoms with Crippen LogP contribution in [0.3, 0.4) is 0 Å². The van der Waals surface area contributed by atoms with Gasteiger partial charge in [-0.15, -0.1) is 11.3 Å². The number of thiophene rings is 1. The Morgan fingerprint density at radius 2 is 2.23 bits per heavy atom. The van der Waals surface area contributed by atoms with E-state index in [0.29, 0.717) is 6.61 Å². The Bertz CT molecular complexity index is 422. The van der Waals surface area contributed by atoms with Gasteiger partial charge in [-0.3, -0.25) is 4.84 Å². The smallest absolute Gasteiger partial charge is 0.102 e. The molecule has 0 atom stereocenters. The molecule has 2 aromatic rings. The summed E-state index contributed by atoms with van der Waals surface area (Å²) >= 11 is 1.73. The standard InChI is InChI=1S/C10H11NOS/c1-7-2-3-10-8(4-7)5-9(13-10)6-12-11/h2-5H,6,11H2,1H3. The van der Waals surface area contributed by atoms with Crippen molar-refractivity contribution in [1.82, 2.24) is 0 Å². The number of fused-ring (bicyclic) bond motifs is 1. The van der Waals surface area contributed by atoms with E-state index in [9.17, 15) is 0 Å². The van der Waals surface area contributed by atoms with E-state index in [1.165, 1.54) is 20.5 Å². The van der Waals surface area contributed by atoms with E-state index >= 15 is 0 Å². The third kappa shape index (κ3) is 1.72. The zero-order valence-electron chi connectivity index (χ0n) is 7.41. The van der Waals surface area contributed by atoms with E-state index in [4.69, 9.17) is 5.90 Å². The van der Waals surface area contributed by atoms with Crippen molar-refractivity contribution in [2.75, 3.05) is 0 Å². The third-order valence-corrected chi connectivity index (χ3v) is 3.04. The molecule has 0 aliphatic carbocycles. The van der Waals surface area contributed by atoms with Crippen LogP contribution in [-0.4, -0.2) is 0 Å². The molecule has 2 rings (SSSR count). The van der Waals surface area contributed by atoms with Crippen molar-refractivity contribution in [1.29, 1.82) is 0 Å². The highest BCUT2D eigenvalue weighted by Crippen LogP contribution is 2.26. The van der Waals surface area contributed by atoms with Gasteiger partial charge in [0.15, 0.2) is 0 Å². The average molecular weight is 193 g/mol. The molecule has 3 heteroatoms. The van der Waals surface area contributed by atoms with Crippen molar-refractivity contribution < 1.29 is 4.84 Å². The number of nitrogens with two attached hydrogens (primary N) is 1. The summed E-state index contributed by atoms with van der Waals surface area (Å²) in [7, 11) is 0. The first-order chi connectivity index (χ1) is 6.29. The van der Waals surface area contributed by atoms with Crippen LogP contribution in [0.1, 0.15) is 10.4 Å². The Morgan fingerprint density at radius 1 is 1.38 bits per heavy atom. The molecule has 0 unspecified atom stereocenters. The minimum atomic E-state index is 0.498. The minimum absolute atomic E-state index is 0.498. The topological polar surface area (TPSA) is 35.2 Å². The lowest BCUT2D eigenvalue weighted by Gasteiger charge is -1.89. The highest BCUT2D eigenvalue weighted by Gasteiger charge is 2.00. The van der Waals surface area contributed by atoms with Gasteiger partial charge < -0.3 is 0 Å². The molecule has 1 aromatic carbocycles. The molecule has 0 aliphatic heterocycles. The molecule has 0 fully saturated rings. The summed E-state index contributed by atoms with van der Waals surface area (Å²) in [5, 5.41) is 1.28. The first kappa shape index (κ1) is 8.69. The van der Waals surface area contributed by atoms with Crippen LogP contribution in [0.2, 0.25) is 0 Å². The molecule has 0 radical (unpaired) electrons. The molecule has 0 saturated carbocycles. The monoisotopic (exact) mass is 193 g/mol. The van der Waals surface area contributed by atoms with Gasteiger partial charge in [0, 0.05) is 9.58 Å². The van der Waals surface area contributed by atoms with Crippen LogP contribution >= 0.6 is 11.3 Å². The summed E-state index contributed by atoms with van der Waals surface area (Å²) in [6.45, 7) is 2.59. The minimum Gasteiger partial charge on any atom is -0.299 e. The lowest BCUT2D eigenvalue weighted by atomic mass is 10.2. The third-order valence-electron chi connectivity index (χ3n) is 1.95. The largest absolute Gasteiger partial charge is 0.299 e. The van der Waals surface area contributed by atoms with Crippen LogP contribution in [0.5, 0.6) is 0 Å². The molecular weight excluding hydrogens is 182 g/mol. The summed E-state index contributed by atoms with van der Waals surface area (Å²) in [6, 6.07) is 8.55. The summed E-state index contributed by atoms with van der Waals surface area (Å²) in [5.41, 5.74) is 1.28. The second kappa shape index (κ2) is 3.46. The summed E-state index contributed by atoms with van der Waals surface area (Å²) < 4.78 is 1.29. The summed E-state index contributed by atoms with van der Waals surface area (Å²) in [4.78, 5) is 5.77. The van der Waals surface area contributed by atoms with E-state index in [1.807, 2.05) is 0 Å². The molecule has 0 saturated heterocycles. The Kier molecular flexibility index (Phi) is 2.31. The van der Waals surface area contributed by atoms with Gasteiger partial charge in [-0.25, -0.2) is 5.90 Å². The maximum atomic E-state index is 5.02. The zero-order chi connectivity index (χ0) is 9.26. The predicted molar refractivity (Wildman–Crippen MR) is 55.5 cm³/mol. The molecule has 0 bridgehead atoms. The Morgan fingerprint density at radius 3 is 3.00 bits per heavy atom. The van der Waals surface area contributed by atoms with E-state index in [0.717, 1.165) is 0 Å². The van der Waals surface area contributed by atoms with Gasteiger partial charge >= 0.3 is 0 Å². The van der Waals surface area contributed by atoms with Crippen LogP contribution in [0.15, 0.2) is 24.3 Å². The molecule has 0 amide bonds. The van der Waals surface area contributed by atoms with Crippen LogP contribution in [0.4, 0.5) is 0 Å². The average Bonchev–Trinajstić information content (AvgIpc) is 2.46. The quantitative estimate of drug-likeness (QED) is 0.744. The Balaban J connectivity index is 2.49. The lowest BCUT2D eigenvalue weighted by molar-refractivity contribution is 0.126. The molecule has 1 aromatic heterocycles.